The smallest absolute Gasteiger partial charge is 0.238 e. The third kappa shape index (κ3) is 4.01. The van der Waals surface area contributed by atoms with Gasteiger partial charge in [0.15, 0.2) is 0 Å². The number of hydrogen-bond acceptors (Lipinski definition) is 3. The van der Waals surface area contributed by atoms with E-state index in [2.05, 4.69) is 5.32 Å². The van der Waals surface area contributed by atoms with Crippen LogP contribution in [-0.2, 0) is 4.79 Å². The van der Waals surface area contributed by atoms with Gasteiger partial charge in [0.25, 0.3) is 0 Å². The zero-order chi connectivity index (χ0) is 14.4. The lowest BCUT2D eigenvalue weighted by molar-refractivity contribution is -0.115. The number of carbonyl (C=O) groups is 1. The number of carbonyl (C=O) groups excluding carboxylic acids is 1. The summed E-state index contributed by atoms with van der Waals surface area (Å²) < 4.78 is 5.62. The van der Waals surface area contributed by atoms with Crippen molar-refractivity contribution < 1.29 is 9.53 Å². The Bertz CT molecular complexity index is 648. The number of amides is 1. The van der Waals surface area contributed by atoms with Crippen LogP contribution >= 0.6 is 11.6 Å². The number of benzene rings is 2. The molecule has 100 valence electrons. The quantitative estimate of drug-likeness (QED) is 0.924. The van der Waals surface area contributed by atoms with E-state index in [1.165, 1.54) is 0 Å². The predicted octanol–water partition coefficient (Wildman–Crippen LogP) is 3.98. The van der Waals surface area contributed by atoms with Gasteiger partial charge in [0.2, 0.25) is 5.91 Å². The molecule has 0 aliphatic heterocycles. The number of rotatable bonds is 4. The monoisotopic (exact) mass is 286 g/mol. The molecule has 0 heterocycles. The van der Waals surface area contributed by atoms with Crippen LogP contribution < -0.4 is 10.1 Å². The van der Waals surface area contributed by atoms with Gasteiger partial charge in [-0.25, -0.2) is 0 Å². The summed E-state index contributed by atoms with van der Waals surface area (Å²) in [4.78, 5) is 11.2. The van der Waals surface area contributed by atoms with Crippen molar-refractivity contribution in [3.63, 3.8) is 0 Å². The normalized spacial score (nSPS) is 9.60. The van der Waals surface area contributed by atoms with Gasteiger partial charge in [-0.05, 0) is 42.5 Å². The Kier molecular flexibility index (Phi) is 4.59. The van der Waals surface area contributed by atoms with Crippen LogP contribution in [0.5, 0.6) is 11.5 Å². The standard InChI is InChI=1S/C15H11ClN2O2/c16-11-2-1-3-14(10-11)20-13-6-4-12(5-7-13)18-15(19)8-9-17/h1-7,10H,8H2,(H,18,19). The van der Waals surface area contributed by atoms with Crippen LogP contribution in [0, 0.1) is 11.3 Å². The molecule has 0 saturated heterocycles. The van der Waals surface area contributed by atoms with E-state index in [1.54, 1.807) is 54.6 Å². The first-order valence-corrected chi connectivity index (χ1v) is 6.25. The molecule has 0 atom stereocenters. The molecule has 1 N–H and O–H groups in total. The van der Waals surface area contributed by atoms with Gasteiger partial charge in [-0.1, -0.05) is 17.7 Å². The molecule has 1 amide bonds. The van der Waals surface area contributed by atoms with Crippen molar-refractivity contribution in [1.82, 2.24) is 0 Å². The molecule has 0 aromatic heterocycles. The van der Waals surface area contributed by atoms with Crippen molar-refractivity contribution >= 4 is 23.2 Å². The molecule has 2 rings (SSSR count). The SMILES string of the molecule is N#CCC(=O)Nc1ccc(Oc2cccc(Cl)c2)cc1. The molecule has 2 aromatic carbocycles. The average molecular weight is 287 g/mol. The zero-order valence-corrected chi connectivity index (χ0v) is 11.2. The molecule has 0 unspecified atom stereocenters. The molecule has 0 spiro atoms. The molecule has 0 radical (unpaired) electrons. The van der Waals surface area contributed by atoms with Crippen molar-refractivity contribution in [3.05, 3.63) is 53.6 Å². The second-order valence-corrected chi connectivity index (χ2v) is 4.40. The van der Waals surface area contributed by atoms with E-state index in [0.717, 1.165) is 0 Å². The van der Waals surface area contributed by atoms with E-state index < -0.39 is 0 Å². The summed E-state index contributed by atoms with van der Waals surface area (Å²) >= 11 is 5.87. The Morgan fingerprint density at radius 1 is 1.20 bits per heavy atom. The molecule has 0 bridgehead atoms. The second kappa shape index (κ2) is 6.60. The number of halogens is 1. The summed E-state index contributed by atoms with van der Waals surface area (Å²) in [5.74, 6) is 0.931. The maximum atomic E-state index is 11.2. The molecule has 5 heteroatoms. The Hall–Kier alpha value is -2.51. The lowest BCUT2D eigenvalue weighted by atomic mass is 10.3. The lowest BCUT2D eigenvalue weighted by Crippen LogP contribution is -2.09. The van der Waals surface area contributed by atoms with Crippen molar-refractivity contribution in [2.24, 2.45) is 0 Å². The van der Waals surface area contributed by atoms with Crippen LogP contribution in [0.3, 0.4) is 0 Å². The van der Waals surface area contributed by atoms with Crippen molar-refractivity contribution in [3.8, 4) is 17.6 Å². The summed E-state index contributed by atoms with van der Waals surface area (Å²) in [5, 5.41) is 11.6. The maximum Gasteiger partial charge on any atom is 0.238 e. The Morgan fingerprint density at radius 3 is 2.60 bits per heavy atom. The van der Waals surface area contributed by atoms with Crippen LogP contribution in [0.1, 0.15) is 6.42 Å². The minimum atomic E-state index is -0.337. The second-order valence-electron chi connectivity index (χ2n) is 3.97. The Balaban J connectivity index is 2.02. The molecular formula is C15H11ClN2O2. The highest BCUT2D eigenvalue weighted by molar-refractivity contribution is 6.30. The largest absolute Gasteiger partial charge is 0.457 e. The highest BCUT2D eigenvalue weighted by atomic mass is 35.5. The number of ether oxygens (including phenoxy) is 1. The van der Waals surface area contributed by atoms with Crippen LogP contribution in [0.4, 0.5) is 5.69 Å². The fourth-order valence-corrected chi connectivity index (χ4v) is 1.73. The number of hydrogen-bond donors (Lipinski definition) is 1. The Morgan fingerprint density at radius 2 is 1.95 bits per heavy atom. The summed E-state index contributed by atoms with van der Waals surface area (Å²) in [6.45, 7) is 0. The van der Waals surface area contributed by atoms with Gasteiger partial charge in [-0.3, -0.25) is 4.79 Å². The number of nitriles is 1. The van der Waals surface area contributed by atoms with Gasteiger partial charge >= 0.3 is 0 Å². The molecule has 20 heavy (non-hydrogen) atoms. The molecule has 0 fully saturated rings. The number of anilines is 1. The van der Waals surface area contributed by atoms with Gasteiger partial charge in [0, 0.05) is 10.7 Å². The van der Waals surface area contributed by atoms with Gasteiger partial charge in [-0.15, -0.1) is 0 Å². The summed E-state index contributed by atoms with van der Waals surface area (Å²) in [7, 11) is 0. The van der Waals surface area contributed by atoms with Crippen LogP contribution in [0.15, 0.2) is 48.5 Å². The van der Waals surface area contributed by atoms with E-state index in [4.69, 9.17) is 21.6 Å². The summed E-state index contributed by atoms with van der Waals surface area (Å²) in [6, 6.07) is 15.7. The van der Waals surface area contributed by atoms with Gasteiger partial charge in [0.1, 0.15) is 17.9 Å². The van der Waals surface area contributed by atoms with Gasteiger partial charge < -0.3 is 10.1 Å². The van der Waals surface area contributed by atoms with E-state index in [9.17, 15) is 4.79 Å². The molecule has 4 nitrogen and oxygen atoms in total. The topological polar surface area (TPSA) is 62.1 Å². The molecule has 0 aliphatic rings. The van der Waals surface area contributed by atoms with Crippen LogP contribution in [-0.4, -0.2) is 5.91 Å². The minimum Gasteiger partial charge on any atom is -0.457 e. The zero-order valence-electron chi connectivity index (χ0n) is 10.5. The average Bonchev–Trinajstić information content (AvgIpc) is 2.41. The van der Waals surface area contributed by atoms with E-state index in [0.29, 0.717) is 22.2 Å². The fraction of sp³-hybridized carbons (Fsp3) is 0.0667. The summed E-state index contributed by atoms with van der Waals surface area (Å²) in [6.07, 6.45) is -0.166. The number of nitrogens with zero attached hydrogens (tertiary/aromatic N) is 1. The highest BCUT2D eigenvalue weighted by Gasteiger charge is 2.02. The molecular weight excluding hydrogens is 276 g/mol. The lowest BCUT2D eigenvalue weighted by Gasteiger charge is -2.07. The minimum absolute atomic E-state index is 0.166. The highest BCUT2D eigenvalue weighted by Crippen LogP contribution is 2.25. The molecule has 0 aliphatic carbocycles. The van der Waals surface area contributed by atoms with Crippen molar-refractivity contribution in [1.29, 1.82) is 5.26 Å². The number of nitrogens with one attached hydrogen (secondary N) is 1. The van der Waals surface area contributed by atoms with Crippen LogP contribution in [0.2, 0.25) is 5.02 Å². The first-order chi connectivity index (χ1) is 9.67. The molecule has 0 saturated carbocycles. The fourth-order valence-electron chi connectivity index (χ4n) is 1.55. The van der Waals surface area contributed by atoms with Gasteiger partial charge in [0.05, 0.1) is 6.07 Å². The van der Waals surface area contributed by atoms with Crippen molar-refractivity contribution in [2.45, 2.75) is 6.42 Å². The van der Waals surface area contributed by atoms with Crippen LogP contribution in [0.25, 0.3) is 0 Å². The van der Waals surface area contributed by atoms with E-state index in [-0.39, 0.29) is 12.3 Å². The molecule has 2 aromatic rings. The first-order valence-electron chi connectivity index (χ1n) is 5.87. The third-order valence-corrected chi connectivity index (χ3v) is 2.64. The third-order valence-electron chi connectivity index (χ3n) is 2.41. The summed E-state index contributed by atoms with van der Waals surface area (Å²) in [5.41, 5.74) is 0.615. The maximum absolute atomic E-state index is 11.2. The van der Waals surface area contributed by atoms with Gasteiger partial charge in [-0.2, -0.15) is 5.26 Å². The predicted molar refractivity (Wildman–Crippen MR) is 76.8 cm³/mol. The van der Waals surface area contributed by atoms with Crippen molar-refractivity contribution in [2.75, 3.05) is 5.32 Å². The first kappa shape index (κ1) is 13.9. The Labute approximate surface area is 121 Å². The van der Waals surface area contributed by atoms with E-state index in [1.807, 2.05) is 0 Å². The van der Waals surface area contributed by atoms with E-state index >= 15 is 0 Å².